The van der Waals surface area contributed by atoms with Gasteiger partial charge in [0.15, 0.2) is 0 Å². The lowest BCUT2D eigenvalue weighted by Crippen LogP contribution is -1.99. The van der Waals surface area contributed by atoms with Crippen LogP contribution in [-0.2, 0) is 10.8 Å². The number of nitrogens with two attached hydrogens (primary N) is 1. The van der Waals surface area contributed by atoms with Crippen molar-refractivity contribution in [3.05, 3.63) is 60.4 Å². The number of terminal acetylenes is 1. The van der Waals surface area contributed by atoms with Gasteiger partial charge in [-0.25, -0.2) is 4.98 Å². The molecule has 0 fully saturated rings. The molecule has 0 bridgehead atoms. The van der Waals surface area contributed by atoms with Crippen molar-refractivity contribution >= 4 is 38.0 Å². The van der Waals surface area contributed by atoms with Gasteiger partial charge in [-0.15, -0.1) is 17.8 Å². The Morgan fingerprint density at radius 1 is 1.20 bits per heavy atom. The van der Waals surface area contributed by atoms with E-state index in [-0.39, 0.29) is 0 Å². The van der Waals surface area contributed by atoms with Crippen molar-refractivity contribution in [2.45, 2.75) is 24.0 Å². The molecule has 1 unspecified atom stereocenters. The molecule has 0 aliphatic carbocycles. The molecular weight excluding hydrogens is 410 g/mol. The summed E-state index contributed by atoms with van der Waals surface area (Å²) in [7, 11) is -1.13. The highest BCUT2D eigenvalue weighted by atomic mass is 32.2. The number of rotatable bonds is 6. The highest BCUT2D eigenvalue weighted by Gasteiger charge is 2.20. The van der Waals surface area contributed by atoms with Crippen LogP contribution in [0.25, 0.3) is 32.6 Å². The third kappa shape index (κ3) is 3.87. The van der Waals surface area contributed by atoms with E-state index >= 15 is 0 Å². The quantitative estimate of drug-likeness (QED) is 0.410. The molecule has 4 rings (SSSR count). The second-order valence-corrected chi connectivity index (χ2v) is 9.67. The average Bonchev–Trinajstić information content (AvgIpc) is 3.14. The number of aromatic nitrogens is 2. The number of thiophene rings is 1. The van der Waals surface area contributed by atoms with E-state index in [1.807, 2.05) is 42.5 Å². The molecule has 4 nitrogen and oxygen atoms in total. The smallest absolute Gasteiger partial charge is 0.127 e. The zero-order chi connectivity index (χ0) is 21.1. The fourth-order valence-electron chi connectivity index (χ4n) is 3.27. The first-order chi connectivity index (χ1) is 14.6. The summed E-state index contributed by atoms with van der Waals surface area (Å²) >= 11 is 1.42. The van der Waals surface area contributed by atoms with Crippen molar-refractivity contribution in [2.24, 2.45) is 0 Å². The first-order valence-corrected chi connectivity index (χ1v) is 11.8. The fraction of sp³-hybridized carbons (Fsp3) is 0.167. The van der Waals surface area contributed by atoms with E-state index < -0.39 is 10.8 Å². The van der Waals surface area contributed by atoms with Gasteiger partial charge in [0.1, 0.15) is 9.04 Å². The minimum atomic E-state index is -1.13. The van der Waals surface area contributed by atoms with Crippen molar-refractivity contribution in [1.29, 1.82) is 0 Å². The van der Waals surface area contributed by atoms with E-state index in [1.54, 1.807) is 12.4 Å². The van der Waals surface area contributed by atoms with E-state index in [0.717, 1.165) is 51.0 Å². The van der Waals surface area contributed by atoms with E-state index in [2.05, 4.69) is 17.8 Å². The minimum Gasteiger partial charge on any atom is -0.396 e. The lowest BCUT2D eigenvalue weighted by atomic mass is 9.99. The Morgan fingerprint density at radius 2 is 2.00 bits per heavy atom. The van der Waals surface area contributed by atoms with Crippen LogP contribution in [0.3, 0.4) is 0 Å². The normalized spacial score (nSPS) is 12.0. The molecule has 0 radical (unpaired) electrons. The summed E-state index contributed by atoms with van der Waals surface area (Å²) in [4.78, 5) is 9.84. The van der Waals surface area contributed by atoms with Crippen LogP contribution in [0.4, 0.5) is 5.69 Å². The maximum absolute atomic E-state index is 12.9. The molecule has 150 valence electrons. The molecule has 0 aliphatic rings. The molecule has 0 saturated carbocycles. The molecular formula is C24H21N3OS2. The summed E-state index contributed by atoms with van der Waals surface area (Å²) in [6.07, 6.45) is 10.9. The molecule has 3 aromatic heterocycles. The van der Waals surface area contributed by atoms with Crippen LogP contribution in [0.5, 0.6) is 0 Å². The van der Waals surface area contributed by atoms with Gasteiger partial charge in [-0.3, -0.25) is 9.19 Å². The lowest BCUT2D eigenvalue weighted by molar-refractivity contribution is 0.681. The molecule has 0 aliphatic heterocycles. The number of nitrogen functional groups attached to an aromatic ring is 1. The van der Waals surface area contributed by atoms with Crippen molar-refractivity contribution in [3.63, 3.8) is 0 Å². The molecule has 0 saturated heterocycles. The number of fused-ring (bicyclic) bond motifs is 1. The monoisotopic (exact) mass is 431 g/mol. The van der Waals surface area contributed by atoms with Crippen molar-refractivity contribution in [3.8, 4) is 34.7 Å². The van der Waals surface area contributed by atoms with Crippen molar-refractivity contribution in [2.75, 3.05) is 11.5 Å². The first-order valence-electron chi connectivity index (χ1n) is 9.71. The zero-order valence-electron chi connectivity index (χ0n) is 16.6. The Balaban J connectivity index is 1.95. The van der Waals surface area contributed by atoms with Crippen LogP contribution in [-0.4, -0.2) is 19.9 Å². The average molecular weight is 432 g/mol. The van der Waals surface area contributed by atoms with Crippen LogP contribution >= 0.6 is 11.3 Å². The van der Waals surface area contributed by atoms with Gasteiger partial charge in [0, 0.05) is 34.7 Å². The zero-order valence-corrected chi connectivity index (χ0v) is 18.2. The summed E-state index contributed by atoms with van der Waals surface area (Å²) < 4.78 is 13.6. The highest BCUT2D eigenvalue weighted by molar-refractivity contribution is 7.87. The van der Waals surface area contributed by atoms with E-state index in [9.17, 15) is 4.21 Å². The van der Waals surface area contributed by atoms with Crippen molar-refractivity contribution in [1.82, 2.24) is 9.97 Å². The van der Waals surface area contributed by atoms with Gasteiger partial charge in [-0.1, -0.05) is 31.4 Å². The Bertz CT molecular complexity index is 1260. The van der Waals surface area contributed by atoms with Crippen LogP contribution in [0.1, 0.15) is 25.3 Å². The molecule has 30 heavy (non-hydrogen) atoms. The number of pyridine rings is 2. The second kappa shape index (κ2) is 8.78. The van der Waals surface area contributed by atoms with E-state index in [4.69, 9.17) is 17.1 Å². The standard InChI is InChI=1S/C24H21N3OS2/c1-3-5-13-30(28)24-22(25)21-19(17-10-8-16(4-2)9-11-17)14-20(27-23(21)29-24)18-7-6-12-26-15-18/h2,6-12,14-15H,3,5,13,25H2,1H3. The Labute approximate surface area is 182 Å². The molecule has 1 aromatic carbocycles. The Morgan fingerprint density at radius 3 is 2.67 bits per heavy atom. The lowest BCUT2D eigenvalue weighted by Gasteiger charge is -2.09. The molecule has 0 amide bonds. The van der Waals surface area contributed by atoms with Crippen LogP contribution in [0, 0.1) is 12.3 Å². The summed E-state index contributed by atoms with van der Waals surface area (Å²) in [6.45, 7) is 2.09. The number of anilines is 1. The molecule has 3 heterocycles. The molecule has 6 heteroatoms. The molecule has 0 spiro atoms. The van der Waals surface area contributed by atoms with Crippen LogP contribution in [0.2, 0.25) is 0 Å². The SMILES string of the molecule is C#Cc1ccc(-c2cc(-c3cccnc3)nc3sc(S(=O)CCCC)c(N)c23)cc1. The molecule has 2 N–H and O–H groups in total. The molecule has 1 atom stereocenters. The van der Waals surface area contributed by atoms with Gasteiger partial charge in [0.05, 0.1) is 22.2 Å². The van der Waals surface area contributed by atoms with Gasteiger partial charge < -0.3 is 5.73 Å². The predicted molar refractivity (Wildman–Crippen MR) is 127 cm³/mol. The minimum absolute atomic E-state index is 0.561. The van der Waals surface area contributed by atoms with Crippen molar-refractivity contribution < 1.29 is 4.21 Å². The van der Waals surface area contributed by atoms with Gasteiger partial charge in [-0.05, 0) is 47.9 Å². The van der Waals surface area contributed by atoms with E-state index in [0.29, 0.717) is 15.6 Å². The van der Waals surface area contributed by atoms with Gasteiger partial charge >= 0.3 is 0 Å². The molecule has 4 aromatic rings. The fourth-order valence-corrected chi connectivity index (χ4v) is 6.07. The van der Waals surface area contributed by atoms with Crippen LogP contribution < -0.4 is 5.73 Å². The largest absolute Gasteiger partial charge is 0.396 e. The number of unbranched alkanes of at least 4 members (excludes halogenated alkanes) is 1. The summed E-state index contributed by atoms with van der Waals surface area (Å²) in [5.41, 5.74) is 11.6. The number of hydrogen-bond donors (Lipinski definition) is 1. The maximum Gasteiger partial charge on any atom is 0.127 e. The first kappa shape index (κ1) is 20.3. The second-order valence-electron chi connectivity index (χ2n) is 6.90. The number of nitrogens with zero attached hydrogens (tertiary/aromatic N) is 2. The third-order valence-electron chi connectivity index (χ3n) is 4.87. The number of hydrogen-bond acceptors (Lipinski definition) is 5. The maximum atomic E-state index is 12.9. The van der Waals surface area contributed by atoms with Gasteiger partial charge in [-0.2, -0.15) is 0 Å². The topological polar surface area (TPSA) is 68.9 Å². The summed E-state index contributed by atoms with van der Waals surface area (Å²) in [5.74, 6) is 3.25. The Kier molecular flexibility index (Phi) is 5.93. The Hall–Kier alpha value is -3.01. The number of benzene rings is 1. The summed E-state index contributed by atoms with van der Waals surface area (Å²) in [6, 6.07) is 13.7. The highest BCUT2D eigenvalue weighted by Crippen LogP contribution is 2.42. The van der Waals surface area contributed by atoms with E-state index in [1.165, 1.54) is 11.3 Å². The summed E-state index contributed by atoms with van der Waals surface area (Å²) in [5, 5.41) is 0.848. The van der Waals surface area contributed by atoms with Gasteiger partial charge in [0.2, 0.25) is 0 Å². The predicted octanol–water partition coefficient (Wildman–Crippen LogP) is 5.50. The van der Waals surface area contributed by atoms with Crippen LogP contribution in [0.15, 0.2) is 59.1 Å². The van der Waals surface area contributed by atoms with Gasteiger partial charge in [0.25, 0.3) is 0 Å². The third-order valence-corrected chi connectivity index (χ3v) is 7.87.